The average Bonchev–Trinajstić information content (AvgIpc) is 2.83. The minimum atomic E-state index is -1.06. The number of carbonyl (C=O) groups excluding carboxylic acids is 1. The van der Waals surface area contributed by atoms with Gasteiger partial charge in [-0.3, -0.25) is 4.79 Å². The van der Waals surface area contributed by atoms with Crippen molar-refractivity contribution in [3.63, 3.8) is 0 Å². The van der Waals surface area contributed by atoms with E-state index in [0.29, 0.717) is 18.6 Å². The van der Waals surface area contributed by atoms with Gasteiger partial charge in [0.2, 0.25) is 5.91 Å². The highest BCUT2D eigenvalue weighted by atomic mass is 16.5. The zero-order chi connectivity index (χ0) is 13.8. The van der Waals surface area contributed by atoms with Crippen molar-refractivity contribution in [2.45, 2.75) is 25.5 Å². The van der Waals surface area contributed by atoms with Crippen LogP contribution in [-0.2, 0) is 14.3 Å². The predicted octanol–water partition coefficient (Wildman–Crippen LogP) is 1.35. The largest absolute Gasteiger partial charge is 0.479 e. The number of rotatable bonds is 4. The van der Waals surface area contributed by atoms with Crippen LogP contribution >= 0.6 is 0 Å². The Bertz CT molecular complexity index is 460. The molecule has 0 spiro atoms. The van der Waals surface area contributed by atoms with E-state index in [4.69, 9.17) is 4.74 Å². The summed E-state index contributed by atoms with van der Waals surface area (Å²) in [4.78, 5) is 23.3. The van der Waals surface area contributed by atoms with Crippen molar-refractivity contribution >= 4 is 11.9 Å². The molecule has 2 rings (SSSR count). The van der Waals surface area contributed by atoms with Crippen molar-refractivity contribution in [2.24, 2.45) is 5.92 Å². The van der Waals surface area contributed by atoms with E-state index in [1.165, 1.54) is 0 Å². The molecule has 0 bridgehead atoms. The number of ether oxygens (including phenoxy) is 1. The number of nitrogens with one attached hydrogen (secondary N) is 1. The van der Waals surface area contributed by atoms with E-state index in [1.807, 2.05) is 6.92 Å². The Balaban J connectivity index is 2.05. The Morgan fingerprint density at radius 2 is 2.05 bits per heavy atom. The summed E-state index contributed by atoms with van der Waals surface area (Å²) in [6.45, 7) is 2.26. The quantitative estimate of drug-likeness (QED) is 0.860. The third-order valence-electron chi connectivity index (χ3n) is 3.24. The van der Waals surface area contributed by atoms with E-state index in [9.17, 15) is 14.7 Å². The van der Waals surface area contributed by atoms with Gasteiger partial charge in [-0.25, -0.2) is 4.79 Å². The Morgan fingerprint density at radius 1 is 1.37 bits per heavy atom. The Labute approximate surface area is 111 Å². The molecule has 1 amide bonds. The van der Waals surface area contributed by atoms with Crippen LogP contribution in [0.1, 0.15) is 24.9 Å². The standard InChI is InChI=1S/C14H17NO4/c1-9-7-11(8-19-9)13(16)15-12(14(17)18)10-5-3-2-4-6-10/h2-6,9,11-12H,7-8H2,1H3,(H,15,16)(H,17,18)/t9?,11?,12-/m1/s1. The molecule has 5 nitrogen and oxygen atoms in total. The summed E-state index contributed by atoms with van der Waals surface area (Å²) in [6.07, 6.45) is 0.684. The second-order valence-corrected chi connectivity index (χ2v) is 4.77. The van der Waals surface area contributed by atoms with Crippen LogP contribution in [-0.4, -0.2) is 29.7 Å². The molecule has 1 aliphatic heterocycles. The van der Waals surface area contributed by atoms with Crippen molar-refractivity contribution in [1.29, 1.82) is 0 Å². The van der Waals surface area contributed by atoms with Gasteiger partial charge in [0.05, 0.1) is 18.6 Å². The van der Waals surface area contributed by atoms with Gasteiger partial charge in [0.15, 0.2) is 6.04 Å². The minimum Gasteiger partial charge on any atom is -0.479 e. The first-order chi connectivity index (χ1) is 9.08. The van der Waals surface area contributed by atoms with Crippen molar-refractivity contribution in [3.8, 4) is 0 Å². The van der Waals surface area contributed by atoms with Crippen LogP contribution < -0.4 is 5.32 Å². The van der Waals surface area contributed by atoms with Gasteiger partial charge < -0.3 is 15.2 Å². The van der Waals surface area contributed by atoms with E-state index in [1.54, 1.807) is 30.3 Å². The normalized spacial score (nSPS) is 23.8. The SMILES string of the molecule is CC1CC(C(=O)N[C@@H](C(=O)O)c2ccccc2)CO1. The van der Waals surface area contributed by atoms with Crippen LogP contribution in [0.5, 0.6) is 0 Å². The molecule has 1 aromatic rings. The van der Waals surface area contributed by atoms with Crippen LogP contribution in [0.4, 0.5) is 0 Å². The Hall–Kier alpha value is -1.88. The summed E-state index contributed by atoms with van der Waals surface area (Å²) in [6, 6.07) is 7.66. The lowest BCUT2D eigenvalue weighted by atomic mass is 10.0. The van der Waals surface area contributed by atoms with Crippen LogP contribution in [0, 0.1) is 5.92 Å². The summed E-state index contributed by atoms with van der Waals surface area (Å²) in [5, 5.41) is 11.8. The maximum Gasteiger partial charge on any atom is 0.330 e. The molecule has 1 heterocycles. The summed E-state index contributed by atoms with van der Waals surface area (Å²) in [7, 11) is 0. The first-order valence-electron chi connectivity index (χ1n) is 6.27. The zero-order valence-electron chi connectivity index (χ0n) is 10.7. The fourth-order valence-electron chi connectivity index (χ4n) is 2.19. The van der Waals surface area contributed by atoms with Gasteiger partial charge in [0.1, 0.15) is 0 Å². The Morgan fingerprint density at radius 3 is 2.58 bits per heavy atom. The zero-order valence-corrected chi connectivity index (χ0v) is 10.7. The van der Waals surface area contributed by atoms with Gasteiger partial charge in [-0.15, -0.1) is 0 Å². The monoisotopic (exact) mass is 263 g/mol. The van der Waals surface area contributed by atoms with Crippen molar-refractivity contribution in [2.75, 3.05) is 6.61 Å². The van der Waals surface area contributed by atoms with Crippen LogP contribution in [0.15, 0.2) is 30.3 Å². The molecular weight excluding hydrogens is 246 g/mol. The molecule has 0 aliphatic carbocycles. The average molecular weight is 263 g/mol. The van der Waals surface area contributed by atoms with E-state index < -0.39 is 12.0 Å². The number of hydrogen-bond donors (Lipinski definition) is 2. The van der Waals surface area contributed by atoms with E-state index in [-0.39, 0.29) is 17.9 Å². The lowest BCUT2D eigenvalue weighted by Gasteiger charge is -2.17. The maximum atomic E-state index is 12.0. The highest BCUT2D eigenvalue weighted by molar-refractivity contribution is 5.86. The molecule has 2 unspecified atom stereocenters. The third kappa shape index (κ3) is 3.32. The smallest absolute Gasteiger partial charge is 0.330 e. The van der Waals surface area contributed by atoms with Crippen LogP contribution in [0.3, 0.4) is 0 Å². The molecule has 3 atom stereocenters. The molecule has 1 fully saturated rings. The number of benzene rings is 1. The summed E-state index contributed by atoms with van der Waals surface area (Å²) < 4.78 is 5.33. The molecule has 2 N–H and O–H groups in total. The predicted molar refractivity (Wildman–Crippen MR) is 68.5 cm³/mol. The van der Waals surface area contributed by atoms with E-state index >= 15 is 0 Å². The number of aliphatic carboxylic acids is 1. The molecule has 0 radical (unpaired) electrons. The van der Waals surface area contributed by atoms with Crippen LogP contribution in [0.25, 0.3) is 0 Å². The van der Waals surface area contributed by atoms with Crippen molar-refractivity contribution in [3.05, 3.63) is 35.9 Å². The van der Waals surface area contributed by atoms with Crippen molar-refractivity contribution in [1.82, 2.24) is 5.32 Å². The van der Waals surface area contributed by atoms with E-state index in [2.05, 4.69) is 5.32 Å². The lowest BCUT2D eigenvalue weighted by molar-refractivity contribution is -0.142. The fraction of sp³-hybridized carbons (Fsp3) is 0.429. The van der Waals surface area contributed by atoms with E-state index in [0.717, 1.165) is 0 Å². The maximum absolute atomic E-state index is 12.0. The topological polar surface area (TPSA) is 75.6 Å². The number of hydrogen-bond acceptors (Lipinski definition) is 3. The number of carboxylic acid groups (broad SMARTS) is 1. The molecule has 0 saturated carbocycles. The molecule has 1 saturated heterocycles. The highest BCUT2D eigenvalue weighted by Crippen LogP contribution is 2.21. The third-order valence-corrected chi connectivity index (χ3v) is 3.24. The number of carboxylic acids is 1. The molecule has 102 valence electrons. The number of carbonyl (C=O) groups is 2. The lowest BCUT2D eigenvalue weighted by Crippen LogP contribution is -2.38. The molecular formula is C14H17NO4. The Kier molecular flexibility index (Phi) is 4.16. The summed E-state index contributed by atoms with van der Waals surface area (Å²) >= 11 is 0. The van der Waals surface area contributed by atoms with Gasteiger partial charge in [-0.05, 0) is 18.9 Å². The molecule has 5 heteroatoms. The molecule has 1 aromatic carbocycles. The van der Waals surface area contributed by atoms with Gasteiger partial charge >= 0.3 is 5.97 Å². The summed E-state index contributed by atoms with van der Waals surface area (Å²) in [5.74, 6) is -1.59. The van der Waals surface area contributed by atoms with Crippen LogP contribution in [0.2, 0.25) is 0 Å². The van der Waals surface area contributed by atoms with Gasteiger partial charge in [-0.1, -0.05) is 30.3 Å². The van der Waals surface area contributed by atoms with Gasteiger partial charge in [-0.2, -0.15) is 0 Å². The highest BCUT2D eigenvalue weighted by Gasteiger charge is 2.31. The number of amides is 1. The first kappa shape index (κ1) is 13.5. The second kappa shape index (κ2) is 5.84. The molecule has 1 aliphatic rings. The first-order valence-corrected chi connectivity index (χ1v) is 6.27. The van der Waals surface area contributed by atoms with Gasteiger partial charge in [0, 0.05) is 0 Å². The second-order valence-electron chi connectivity index (χ2n) is 4.77. The molecule has 0 aromatic heterocycles. The van der Waals surface area contributed by atoms with Gasteiger partial charge in [0.25, 0.3) is 0 Å². The molecule has 19 heavy (non-hydrogen) atoms. The van der Waals surface area contributed by atoms with Crippen molar-refractivity contribution < 1.29 is 19.4 Å². The minimum absolute atomic E-state index is 0.0516. The fourth-order valence-corrected chi connectivity index (χ4v) is 2.19. The summed E-state index contributed by atoms with van der Waals surface area (Å²) in [5.41, 5.74) is 0.565.